The molecule has 1 aromatic carbocycles. The Morgan fingerprint density at radius 3 is 2.33 bits per heavy atom. The molecule has 0 aliphatic carbocycles. The first-order valence-corrected chi connectivity index (χ1v) is 6.42. The second kappa shape index (κ2) is 6.31. The van der Waals surface area contributed by atoms with E-state index in [1.54, 1.807) is 6.07 Å². The Hall–Kier alpha value is -2.49. The minimum atomic E-state index is -0.900. The first-order chi connectivity index (χ1) is 10.0. The first kappa shape index (κ1) is 14.9. The van der Waals surface area contributed by atoms with Gasteiger partial charge in [-0.05, 0) is 12.1 Å². The van der Waals surface area contributed by atoms with Crippen molar-refractivity contribution in [2.24, 2.45) is 0 Å². The molecule has 21 heavy (non-hydrogen) atoms. The Bertz CT molecular complexity index is 605. The molecule has 1 aliphatic heterocycles. The van der Waals surface area contributed by atoms with E-state index in [1.807, 2.05) is 0 Å². The fourth-order valence-electron chi connectivity index (χ4n) is 2.17. The molecule has 0 spiro atoms. The van der Waals surface area contributed by atoms with Crippen molar-refractivity contribution in [2.45, 2.75) is 6.42 Å². The Balaban J connectivity index is 2.00. The van der Waals surface area contributed by atoms with Crippen LogP contribution in [0.4, 0.5) is 8.78 Å². The van der Waals surface area contributed by atoms with Gasteiger partial charge in [-0.2, -0.15) is 5.26 Å². The van der Waals surface area contributed by atoms with Crippen LogP contribution in [0, 0.1) is 23.0 Å². The zero-order valence-electron chi connectivity index (χ0n) is 11.2. The summed E-state index contributed by atoms with van der Waals surface area (Å²) in [4.78, 5) is 26.6. The van der Waals surface area contributed by atoms with Crippen LogP contribution in [-0.2, 0) is 4.79 Å². The Morgan fingerprint density at radius 2 is 1.76 bits per heavy atom. The van der Waals surface area contributed by atoms with E-state index >= 15 is 0 Å². The zero-order valence-corrected chi connectivity index (χ0v) is 11.2. The highest BCUT2D eigenvalue weighted by molar-refractivity contribution is 5.94. The molecule has 0 radical (unpaired) electrons. The van der Waals surface area contributed by atoms with Crippen LogP contribution in [0.25, 0.3) is 0 Å². The summed E-state index contributed by atoms with van der Waals surface area (Å²) >= 11 is 0. The smallest absolute Gasteiger partial charge is 0.256 e. The highest BCUT2D eigenvalue weighted by Crippen LogP contribution is 2.14. The third-order valence-electron chi connectivity index (χ3n) is 3.31. The van der Waals surface area contributed by atoms with Crippen LogP contribution in [0.2, 0.25) is 0 Å². The van der Waals surface area contributed by atoms with Gasteiger partial charge in [0.2, 0.25) is 5.91 Å². The first-order valence-electron chi connectivity index (χ1n) is 6.42. The SMILES string of the molecule is N#CCC(=O)N1CCN(C(=O)c2ccc(F)cc2F)CC1. The molecule has 7 heteroatoms. The summed E-state index contributed by atoms with van der Waals surface area (Å²) in [5, 5.41) is 8.47. The molecule has 5 nitrogen and oxygen atoms in total. The van der Waals surface area contributed by atoms with E-state index in [0.29, 0.717) is 19.2 Å². The van der Waals surface area contributed by atoms with Gasteiger partial charge in [-0.3, -0.25) is 9.59 Å². The molecule has 0 N–H and O–H groups in total. The molecule has 0 unspecified atom stereocenters. The minimum absolute atomic E-state index is 0.187. The van der Waals surface area contributed by atoms with E-state index in [-0.39, 0.29) is 31.0 Å². The van der Waals surface area contributed by atoms with Crippen LogP contribution in [0.5, 0.6) is 0 Å². The fourth-order valence-corrected chi connectivity index (χ4v) is 2.17. The van der Waals surface area contributed by atoms with Gasteiger partial charge in [-0.25, -0.2) is 8.78 Å². The van der Waals surface area contributed by atoms with E-state index in [4.69, 9.17) is 5.26 Å². The van der Waals surface area contributed by atoms with Crippen LogP contribution >= 0.6 is 0 Å². The summed E-state index contributed by atoms with van der Waals surface area (Å²) in [6.07, 6.45) is -0.194. The predicted molar refractivity (Wildman–Crippen MR) is 69.1 cm³/mol. The molecule has 0 aromatic heterocycles. The number of halogens is 2. The summed E-state index contributed by atoms with van der Waals surface area (Å²) in [6.45, 7) is 1.11. The Kier molecular flexibility index (Phi) is 4.48. The Morgan fingerprint density at radius 1 is 1.14 bits per heavy atom. The summed E-state index contributed by atoms with van der Waals surface area (Å²) in [7, 11) is 0. The third kappa shape index (κ3) is 3.34. The number of hydrogen-bond donors (Lipinski definition) is 0. The maximum Gasteiger partial charge on any atom is 0.256 e. The van der Waals surface area contributed by atoms with Crippen molar-refractivity contribution in [1.82, 2.24) is 9.80 Å². The van der Waals surface area contributed by atoms with Gasteiger partial charge in [0.1, 0.15) is 18.1 Å². The van der Waals surface area contributed by atoms with E-state index in [1.165, 1.54) is 9.80 Å². The molecular weight excluding hydrogens is 280 g/mol. The lowest BCUT2D eigenvalue weighted by atomic mass is 10.1. The number of rotatable bonds is 2. The van der Waals surface area contributed by atoms with Crippen molar-refractivity contribution in [3.05, 3.63) is 35.4 Å². The molecule has 0 bridgehead atoms. The van der Waals surface area contributed by atoms with E-state index in [0.717, 1.165) is 12.1 Å². The lowest BCUT2D eigenvalue weighted by Crippen LogP contribution is -2.50. The van der Waals surface area contributed by atoms with Gasteiger partial charge in [-0.1, -0.05) is 0 Å². The molecule has 1 saturated heterocycles. The number of hydrogen-bond acceptors (Lipinski definition) is 3. The van der Waals surface area contributed by atoms with Crippen molar-refractivity contribution >= 4 is 11.8 Å². The number of benzene rings is 1. The maximum absolute atomic E-state index is 13.6. The fraction of sp³-hybridized carbons (Fsp3) is 0.357. The molecule has 1 aromatic rings. The third-order valence-corrected chi connectivity index (χ3v) is 3.31. The van der Waals surface area contributed by atoms with Gasteiger partial charge in [0.25, 0.3) is 5.91 Å². The van der Waals surface area contributed by atoms with Gasteiger partial charge in [0.15, 0.2) is 0 Å². The average Bonchev–Trinajstić information content (AvgIpc) is 2.47. The van der Waals surface area contributed by atoms with Crippen molar-refractivity contribution < 1.29 is 18.4 Å². The quantitative estimate of drug-likeness (QED) is 0.822. The monoisotopic (exact) mass is 293 g/mol. The van der Waals surface area contributed by atoms with Gasteiger partial charge >= 0.3 is 0 Å². The van der Waals surface area contributed by atoms with Crippen LogP contribution in [0.3, 0.4) is 0 Å². The number of carbonyl (C=O) groups is 2. The number of nitrogens with zero attached hydrogens (tertiary/aromatic N) is 3. The molecule has 0 saturated carbocycles. The minimum Gasteiger partial charge on any atom is -0.338 e. The highest BCUT2D eigenvalue weighted by Gasteiger charge is 2.26. The second-order valence-electron chi connectivity index (χ2n) is 4.63. The predicted octanol–water partition coefficient (Wildman–Crippen LogP) is 1.16. The molecule has 110 valence electrons. The molecular formula is C14H13F2N3O2. The summed E-state index contributed by atoms with van der Waals surface area (Å²) in [6, 6.07) is 4.59. The number of carbonyl (C=O) groups excluding carboxylic acids is 2. The Labute approximate surface area is 120 Å². The van der Waals surface area contributed by atoms with Crippen molar-refractivity contribution in [2.75, 3.05) is 26.2 Å². The van der Waals surface area contributed by atoms with Crippen LogP contribution in [0.1, 0.15) is 16.8 Å². The number of nitriles is 1. The standard InChI is InChI=1S/C14H13F2N3O2/c15-10-1-2-11(12(16)9-10)14(21)19-7-5-18(6-8-19)13(20)3-4-17/h1-2,9H,3,5-8H2. The van der Waals surface area contributed by atoms with Crippen LogP contribution < -0.4 is 0 Å². The molecule has 1 aliphatic rings. The summed E-state index contributed by atoms with van der Waals surface area (Å²) in [5.41, 5.74) is -0.187. The van der Waals surface area contributed by atoms with Crippen LogP contribution in [-0.4, -0.2) is 47.8 Å². The number of amides is 2. The largest absolute Gasteiger partial charge is 0.338 e. The topological polar surface area (TPSA) is 64.4 Å². The van der Waals surface area contributed by atoms with Crippen LogP contribution in [0.15, 0.2) is 18.2 Å². The summed E-state index contributed by atoms with van der Waals surface area (Å²) < 4.78 is 26.4. The second-order valence-corrected chi connectivity index (χ2v) is 4.63. The van der Waals surface area contributed by atoms with Gasteiger partial charge in [0.05, 0.1) is 11.6 Å². The molecule has 0 atom stereocenters. The lowest BCUT2D eigenvalue weighted by Gasteiger charge is -2.34. The van der Waals surface area contributed by atoms with Crippen molar-refractivity contribution in [3.8, 4) is 6.07 Å². The molecule has 1 fully saturated rings. The summed E-state index contributed by atoms with van der Waals surface area (Å²) in [5.74, 6) is -2.45. The van der Waals surface area contributed by atoms with Crippen molar-refractivity contribution in [3.63, 3.8) is 0 Å². The van der Waals surface area contributed by atoms with Gasteiger partial charge in [-0.15, -0.1) is 0 Å². The zero-order chi connectivity index (χ0) is 15.4. The highest BCUT2D eigenvalue weighted by atomic mass is 19.1. The number of piperazine rings is 1. The maximum atomic E-state index is 13.6. The normalized spacial score (nSPS) is 14.7. The van der Waals surface area contributed by atoms with E-state index < -0.39 is 17.5 Å². The molecule has 2 rings (SSSR count). The molecule has 2 amide bonds. The van der Waals surface area contributed by atoms with Gasteiger partial charge in [0, 0.05) is 32.2 Å². The van der Waals surface area contributed by atoms with Gasteiger partial charge < -0.3 is 9.80 Å². The molecule has 1 heterocycles. The average molecular weight is 293 g/mol. The van der Waals surface area contributed by atoms with Crippen molar-refractivity contribution in [1.29, 1.82) is 5.26 Å². The lowest BCUT2D eigenvalue weighted by molar-refractivity contribution is -0.131. The van der Waals surface area contributed by atoms with E-state index in [2.05, 4.69) is 0 Å². The van der Waals surface area contributed by atoms with E-state index in [9.17, 15) is 18.4 Å².